The maximum Gasteiger partial charge on any atom is 0.407 e. The van der Waals surface area contributed by atoms with Crippen molar-refractivity contribution in [2.24, 2.45) is 0 Å². The Kier molecular flexibility index (Phi) is 4.06. The molecular formula is C18H24N2O3. The van der Waals surface area contributed by atoms with Crippen molar-refractivity contribution in [1.82, 2.24) is 10.6 Å². The van der Waals surface area contributed by atoms with Crippen molar-refractivity contribution in [1.29, 1.82) is 0 Å². The van der Waals surface area contributed by atoms with Crippen LogP contribution in [0.1, 0.15) is 38.5 Å². The maximum atomic E-state index is 11.7. The third-order valence-corrected chi connectivity index (χ3v) is 3.93. The number of furan rings is 1. The van der Waals surface area contributed by atoms with Crippen LogP contribution in [0, 0.1) is 6.92 Å². The minimum atomic E-state index is -0.464. The van der Waals surface area contributed by atoms with Gasteiger partial charge in [0.2, 0.25) is 0 Å². The number of fused-ring (bicyclic) bond motifs is 1. The number of carbonyl (C=O) groups excluding carboxylic acids is 1. The molecule has 1 saturated carbocycles. The fourth-order valence-corrected chi connectivity index (χ4v) is 2.71. The zero-order chi connectivity index (χ0) is 16.6. The Bertz CT molecular complexity index is 715. The lowest BCUT2D eigenvalue weighted by molar-refractivity contribution is 0.0522. The van der Waals surface area contributed by atoms with E-state index in [0.29, 0.717) is 0 Å². The van der Waals surface area contributed by atoms with Gasteiger partial charge in [0, 0.05) is 29.6 Å². The van der Waals surface area contributed by atoms with Crippen molar-refractivity contribution in [3.8, 4) is 0 Å². The monoisotopic (exact) mass is 316 g/mol. The summed E-state index contributed by atoms with van der Waals surface area (Å²) in [4.78, 5) is 11.7. The third kappa shape index (κ3) is 3.85. The second-order valence-electron chi connectivity index (χ2n) is 7.11. The van der Waals surface area contributed by atoms with E-state index in [1.807, 2.05) is 45.9 Å². The SMILES string of the molecule is Cc1oc2ccccc2c1CNC1CC1NC(=O)OC(C)(C)C. The van der Waals surface area contributed by atoms with Crippen molar-refractivity contribution in [2.75, 3.05) is 0 Å². The second kappa shape index (κ2) is 5.89. The molecule has 0 aliphatic heterocycles. The first-order chi connectivity index (χ1) is 10.8. The van der Waals surface area contributed by atoms with Gasteiger partial charge in [0.15, 0.2) is 0 Å². The van der Waals surface area contributed by atoms with Crippen LogP contribution in [0.2, 0.25) is 0 Å². The van der Waals surface area contributed by atoms with Crippen LogP contribution < -0.4 is 10.6 Å². The van der Waals surface area contributed by atoms with Crippen LogP contribution in [0.4, 0.5) is 4.79 Å². The molecule has 23 heavy (non-hydrogen) atoms. The van der Waals surface area contributed by atoms with Crippen molar-refractivity contribution in [2.45, 2.75) is 58.3 Å². The van der Waals surface area contributed by atoms with Crippen LogP contribution in [-0.2, 0) is 11.3 Å². The van der Waals surface area contributed by atoms with Crippen LogP contribution >= 0.6 is 0 Å². The van der Waals surface area contributed by atoms with Crippen molar-refractivity contribution in [3.05, 3.63) is 35.6 Å². The summed E-state index contributed by atoms with van der Waals surface area (Å²) in [6, 6.07) is 8.48. The molecule has 2 N–H and O–H groups in total. The van der Waals surface area contributed by atoms with Gasteiger partial charge in [-0.05, 0) is 40.2 Å². The van der Waals surface area contributed by atoms with E-state index in [0.717, 1.165) is 29.7 Å². The Hall–Kier alpha value is -2.01. The van der Waals surface area contributed by atoms with Gasteiger partial charge in [-0.15, -0.1) is 0 Å². The van der Waals surface area contributed by atoms with Gasteiger partial charge in [0.25, 0.3) is 0 Å². The van der Waals surface area contributed by atoms with E-state index < -0.39 is 5.60 Å². The Morgan fingerprint density at radius 3 is 2.78 bits per heavy atom. The summed E-state index contributed by atoms with van der Waals surface area (Å²) >= 11 is 0. The average Bonchev–Trinajstić information content (AvgIpc) is 3.07. The van der Waals surface area contributed by atoms with Gasteiger partial charge in [-0.1, -0.05) is 18.2 Å². The number of alkyl carbamates (subject to hydrolysis) is 1. The van der Waals surface area contributed by atoms with Gasteiger partial charge in [-0.2, -0.15) is 0 Å². The van der Waals surface area contributed by atoms with Crippen molar-refractivity contribution >= 4 is 17.1 Å². The molecule has 5 nitrogen and oxygen atoms in total. The van der Waals surface area contributed by atoms with Gasteiger partial charge in [0.1, 0.15) is 16.9 Å². The molecule has 1 aromatic heterocycles. The highest BCUT2D eigenvalue weighted by Gasteiger charge is 2.39. The molecule has 2 atom stereocenters. The average molecular weight is 316 g/mol. The van der Waals surface area contributed by atoms with Crippen LogP contribution in [0.15, 0.2) is 28.7 Å². The van der Waals surface area contributed by atoms with Gasteiger partial charge < -0.3 is 19.8 Å². The molecule has 0 radical (unpaired) electrons. The fraction of sp³-hybridized carbons (Fsp3) is 0.500. The second-order valence-corrected chi connectivity index (χ2v) is 7.11. The molecule has 1 fully saturated rings. The Balaban J connectivity index is 1.52. The molecule has 124 valence electrons. The highest BCUT2D eigenvalue weighted by molar-refractivity contribution is 5.82. The minimum absolute atomic E-state index is 0.142. The molecule has 0 bridgehead atoms. The van der Waals surface area contributed by atoms with E-state index in [1.165, 1.54) is 5.56 Å². The quantitative estimate of drug-likeness (QED) is 0.906. The molecule has 5 heteroatoms. The number of nitrogens with one attached hydrogen (secondary N) is 2. The van der Waals surface area contributed by atoms with Gasteiger partial charge in [-0.25, -0.2) is 4.79 Å². The normalized spacial score (nSPS) is 20.5. The maximum absolute atomic E-state index is 11.7. The predicted octanol–water partition coefficient (Wildman–Crippen LogP) is 3.50. The summed E-state index contributed by atoms with van der Waals surface area (Å²) < 4.78 is 11.0. The molecule has 1 aromatic carbocycles. The van der Waals surface area contributed by atoms with E-state index in [9.17, 15) is 4.79 Å². The third-order valence-electron chi connectivity index (χ3n) is 3.93. The Labute approximate surface area is 136 Å². The highest BCUT2D eigenvalue weighted by atomic mass is 16.6. The molecule has 0 saturated heterocycles. The largest absolute Gasteiger partial charge is 0.461 e. The number of aryl methyl sites for hydroxylation is 1. The first-order valence-corrected chi connectivity index (χ1v) is 8.03. The summed E-state index contributed by atoms with van der Waals surface area (Å²) in [5.41, 5.74) is 1.64. The number of ether oxygens (including phenoxy) is 1. The molecule has 1 aliphatic carbocycles. The number of carbonyl (C=O) groups is 1. The molecule has 1 amide bonds. The first kappa shape index (κ1) is 15.9. The van der Waals surface area contributed by atoms with Crippen LogP contribution in [-0.4, -0.2) is 23.8 Å². The highest BCUT2D eigenvalue weighted by Crippen LogP contribution is 2.27. The molecule has 3 rings (SSSR count). The topological polar surface area (TPSA) is 63.5 Å². The standard InChI is InChI=1S/C18H24N2O3/c1-11-13(12-7-5-6-8-16(12)22-11)10-19-14-9-15(14)20-17(21)23-18(2,3)4/h5-8,14-15,19H,9-10H2,1-4H3,(H,20,21). The molecule has 1 aliphatic rings. The summed E-state index contributed by atoms with van der Waals surface area (Å²) in [7, 11) is 0. The number of amides is 1. The lowest BCUT2D eigenvalue weighted by atomic mass is 10.1. The summed E-state index contributed by atoms with van der Waals surface area (Å²) in [5.74, 6) is 0.941. The number of para-hydroxylation sites is 1. The number of hydrogen-bond donors (Lipinski definition) is 2. The lowest BCUT2D eigenvalue weighted by Gasteiger charge is -2.19. The zero-order valence-corrected chi connectivity index (χ0v) is 14.1. The summed E-state index contributed by atoms with van der Waals surface area (Å²) in [6.45, 7) is 8.31. The van der Waals surface area contributed by atoms with Crippen LogP contribution in [0.3, 0.4) is 0 Å². The number of hydrogen-bond acceptors (Lipinski definition) is 4. The zero-order valence-electron chi connectivity index (χ0n) is 14.1. The Morgan fingerprint density at radius 2 is 2.04 bits per heavy atom. The van der Waals surface area contributed by atoms with Crippen molar-refractivity contribution < 1.29 is 13.9 Å². The van der Waals surface area contributed by atoms with Gasteiger partial charge in [-0.3, -0.25) is 0 Å². The van der Waals surface area contributed by atoms with Crippen molar-refractivity contribution in [3.63, 3.8) is 0 Å². The summed E-state index contributed by atoms with van der Waals surface area (Å²) in [6.07, 6.45) is 0.574. The molecule has 2 unspecified atom stereocenters. The van der Waals surface area contributed by atoms with E-state index in [4.69, 9.17) is 9.15 Å². The fourth-order valence-electron chi connectivity index (χ4n) is 2.71. The smallest absolute Gasteiger partial charge is 0.407 e. The van der Waals surface area contributed by atoms with E-state index >= 15 is 0 Å². The van der Waals surface area contributed by atoms with Gasteiger partial charge >= 0.3 is 6.09 Å². The molecule has 1 heterocycles. The van der Waals surface area contributed by atoms with Crippen LogP contribution in [0.5, 0.6) is 0 Å². The van der Waals surface area contributed by atoms with E-state index in [-0.39, 0.29) is 18.2 Å². The van der Waals surface area contributed by atoms with E-state index in [2.05, 4.69) is 16.7 Å². The molecule has 2 aromatic rings. The lowest BCUT2D eigenvalue weighted by Crippen LogP contribution is -2.36. The van der Waals surface area contributed by atoms with Crippen LogP contribution in [0.25, 0.3) is 11.0 Å². The molecule has 0 spiro atoms. The molecular weight excluding hydrogens is 292 g/mol. The Morgan fingerprint density at radius 1 is 1.30 bits per heavy atom. The number of benzene rings is 1. The predicted molar refractivity (Wildman–Crippen MR) is 89.4 cm³/mol. The first-order valence-electron chi connectivity index (χ1n) is 8.03. The summed E-state index contributed by atoms with van der Waals surface area (Å²) in [5, 5.41) is 7.52. The van der Waals surface area contributed by atoms with E-state index in [1.54, 1.807) is 0 Å². The minimum Gasteiger partial charge on any atom is -0.461 e. The number of rotatable bonds is 4. The van der Waals surface area contributed by atoms with Gasteiger partial charge in [0.05, 0.1) is 0 Å².